The van der Waals surface area contributed by atoms with Crippen LogP contribution in [0.2, 0.25) is 0 Å². The minimum Gasteiger partial charge on any atom is -0.497 e. The van der Waals surface area contributed by atoms with Crippen LogP contribution in [0.1, 0.15) is 48.5 Å². The van der Waals surface area contributed by atoms with Gasteiger partial charge in [0.15, 0.2) is 6.61 Å². The zero-order valence-corrected chi connectivity index (χ0v) is 27.3. The number of imide groups is 1. The molecule has 2 aromatic carbocycles. The third-order valence-corrected chi connectivity index (χ3v) is 12.7. The maximum Gasteiger partial charge on any atom is 0.305 e. The predicted molar refractivity (Wildman–Crippen MR) is 175 cm³/mol. The Morgan fingerprint density at radius 1 is 0.957 bits per heavy atom. The van der Waals surface area contributed by atoms with Crippen molar-refractivity contribution >= 4 is 52.5 Å². The van der Waals surface area contributed by atoms with Crippen molar-refractivity contribution in [1.29, 1.82) is 0 Å². The summed E-state index contributed by atoms with van der Waals surface area (Å²) in [5.41, 5.74) is 1.64. The smallest absolute Gasteiger partial charge is 0.305 e. The van der Waals surface area contributed by atoms with E-state index >= 15 is 0 Å². The number of methoxy groups -OCH3 is 1. The molecule has 2 saturated carbocycles. The summed E-state index contributed by atoms with van der Waals surface area (Å²) in [6, 6.07) is 14.6. The first kappa shape index (κ1) is 31.5. The number of carbonyl (C=O) groups is 4. The van der Waals surface area contributed by atoms with Crippen LogP contribution in [0.5, 0.6) is 11.5 Å². The Morgan fingerprint density at radius 3 is 2.36 bits per heavy atom. The number of benzene rings is 2. The van der Waals surface area contributed by atoms with Crippen molar-refractivity contribution in [3.05, 3.63) is 68.6 Å². The molecule has 2 bridgehead atoms. The number of hydrogen-bond acceptors (Lipinski definition) is 9. The first-order valence-electron chi connectivity index (χ1n) is 15.9. The molecule has 1 saturated heterocycles. The van der Waals surface area contributed by atoms with Crippen LogP contribution in [0.3, 0.4) is 0 Å². The van der Waals surface area contributed by atoms with Crippen LogP contribution >= 0.6 is 23.1 Å². The van der Waals surface area contributed by atoms with Gasteiger partial charge in [-0.05, 0) is 79.0 Å². The lowest BCUT2D eigenvalue weighted by molar-refractivity contribution is -0.141. The lowest BCUT2D eigenvalue weighted by atomic mass is 9.68. The summed E-state index contributed by atoms with van der Waals surface area (Å²) < 4.78 is 10.9. The maximum atomic E-state index is 13.7. The summed E-state index contributed by atoms with van der Waals surface area (Å²) in [5, 5.41) is 12.6. The highest BCUT2D eigenvalue weighted by Gasteiger charge is 2.69. The number of ether oxygens (including phenoxy) is 2. The Kier molecular flexibility index (Phi) is 8.60. The van der Waals surface area contributed by atoms with Gasteiger partial charge in [0.1, 0.15) is 11.5 Å². The van der Waals surface area contributed by atoms with E-state index in [1.807, 2.05) is 24.3 Å². The number of likely N-dealkylation sites (tertiary alicyclic amines) is 1. The third-order valence-electron chi connectivity index (χ3n) is 10.1. The topological polar surface area (TPSA) is 155 Å². The summed E-state index contributed by atoms with van der Waals surface area (Å²) in [4.78, 5) is 68.5. The molecule has 13 heteroatoms. The molecule has 3 fully saturated rings. The molecule has 2 aliphatic carbocycles. The van der Waals surface area contributed by atoms with E-state index in [-0.39, 0.29) is 76.4 Å². The molecule has 1 aromatic heterocycles. The fourth-order valence-corrected chi connectivity index (χ4v) is 11.1. The van der Waals surface area contributed by atoms with Crippen LogP contribution in [0, 0.1) is 29.6 Å². The minimum absolute atomic E-state index is 0.0175. The second kappa shape index (κ2) is 12.8. The Bertz CT molecular complexity index is 1750. The predicted octanol–water partition coefficient (Wildman–Crippen LogP) is 4.58. The van der Waals surface area contributed by atoms with Crippen LogP contribution in [-0.2, 0) is 19.2 Å². The van der Waals surface area contributed by atoms with E-state index in [0.29, 0.717) is 43.0 Å². The number of thiazole rings is 1. The van der Waals surface area contributed by atoms with Gasteiger partial charge in [0, 0.05) is 34.7 Å². The Hall–Kier alpha value is -4.10. The fourth-order valence-electron chi connectivity index (χ4n) is 8.19. The van der Waals surface area contributed by atoms with Gasteiger partial charge in [0.25, 0.3) is 5.91 Å². The van der Waals surface area contributed by atoms with E-state index in [1.54, 1.807) is 43.1 Å². The van der Waals surface area contributed by atoms with E-state index in [2.05, 4.69) is 10.3 Å². The molecule has 3 aromatic rings. The third kappa shape index (κ3) is 5.84. The van der Waals surface area contributed by atoms with Gasteiger partial charge in [-0.1, -0.05) is 29.9 Å². The monoisotopic (exact) mass is 677 g/mol. The van der Waals surface area contributed by atoms with Crippen molar-refractivity contribution in [3.8, 4) is 11.5 Å². The van der Waals surface area contributed by atoms with Crippen molar-refractivity contribution in [1.82, 2.24) is 9.88 Å². The van der Waals surface area contributed by atoms with Gasteiger partial charge in [-0.15, -0.1) is 11.8 Å². The average molecular weight is 678 g/mol. The number of nitrogens with one attached hydrogen (secondary N) is 2. The average Bonchev–Trinajstić information content (AvgIpc) is 3.80. The van der Waals surface area contributed by atoms with E-state index in [9.17, 15) is 24.0 Å². The minimum atomic E-state index is -0.843. The molecule has 3 N–H and O–H groups in total. The maximum absolute atomic E-state index is 13.7. The summed E-state index contributed by atoms with van der Waals surface area (Å²) in [5.74, 6) is -0.781. The number of aliphatic carboxylic acids is 1. The molecular weight excluding hydrogens is 643 g/mol. The molecular formula is C34H35N3O8S2. The quantitative estimate of drug-likeness (QED) is 0.185. The molecule has 0 radical (unpaired) electrons. The number of rotatable bonds is 12. The molecule has 7 rings (SSSR count). The number of anilines is 1. The van der Waals surface area contributed by atoms with Gasteiger partial charge in [-0.3, -0.25) is 28.9 Å². The highest BCUT2D eigenvalue weighted by Crippen LogP contribution is 2.68. The van der Waals surface area contributed by atoms with Crippen molar-refractivity contribution in [2.24, 2.45) is 29.6 Å². The van der Waals surface area contributed by atoms with E-state index in [4.69, 9.17) is 14.6 Å². The van der Waals surface area contributed by atoms with E-state index < -0.39 is 5.97 Å². The summed E-state index contributed by atoms with van der Waals surface area (Å²) in [6.45, 7) is 0.161. The van der Waals surface area contributed by atoms with Crippen LogP contribution in [0.25, 0.3) is 0 Å². The lowest BCUT2D eigenvalue weighted by Crippen LogP contribution is -2.42. The summed E-state index contributed by atoms with van der Waals surface area (Å²) in [6.07, 6.45) is 2.66. The van der Waals surface area contributed by atoms with Crippen molar-refractivity contribution < 1.29 is 33.8 Å². The molecule has 4 aliphatic rings. The molecule has 6 unspecified atom stereocenters. The summed E-state index contributed by atoms with van der Waals surface area (Å²) >= 11 is 2.86. The van der Waals surface area contributed by atoms with E-state index in [1.165, 1.54) is 16.2 Å². The number of aromatic amines is 1. The van der Waals surface area contributed by atoms with Gasteiger partial charge >= 0.3 is 10.8 Å². The number of fused-ring (bicyclic) bond motifs is 9. The number of carbonyl (C=O) groups excluding carboxylic acids is 3. The number of aromatic nitrogens is 1. The largest absolute Gasteiger partial charge is 0.497 e. The highest BCUT2D eigenvalue weighted by atomic mass is 32.2. The zero-order chi connectivity index (χ0) is 32.8. The number of H-pyrrole nitrogens is 1. The van der Waals surface area contributed by atoms with Gasteiger partial charge in [0.2, 0.25) is 11.8 Å². The van der Waals surface area contributed by atoms with Gasteiger partial charge in [-0.25, -0.2) is 0 Å². The highest BCUT2D eigenvalue weighted by molar-refractivity contribution is 8.00. The number of unbranched alkanes of at least 4 members (excludes halogenated alkanes) is 2. The first-order chi connectivity index (χ1) is 22.7. The number of hydrogen-bond donors (Lipinski definition) is 3. The lowest BCUT2D eigenvalue weighted by Gasteiger charge is -2.43. The molecule has 3 amide bonds. The van der Waals surface area contributed by atoms with Crippen LogP contribution in [-0.4, -0.2) is 64.2 Å². The van der Waals surface area contributed by atoms with Crippen LogP contribution in [0.4, 0.5) is 5.69 Å². The van der Waals surface area contributed by atoms with Crippen molar-refractivity contribution in [3.63, 3.8) is 0 Å². The van der Waals surface area contributed by atoms with Gasteiger partial charge < -0.3 is 24.9 Å². The van der Waals surface area contributed by atoms with Gasteiger partial charge in [0.05, 0.1) is 24.0 Å². The molecule has 2 aliphatic heterocycles. The Balaban J connectivity index is 1.06. The Morgan fingerprint density at radius 2 is 1.66 bits per heavy atom. The van der Waals surface area contributed by atoms with E-state index in [0.717, 1.165) is 21.9 Å². The van der Waals surface area contributed by atoms with Gasteiger partial charge in [-0.2, -0.15) is 0 Å². The number of carboxylic acids is 1. The number of amides is 3. The second-order valence-corrected chi connectivity index (χ2v) is 14.8. The SMILES string of the molecule is COc1ccc(NC(=O)COc2ccc([C@H]3c4sc(=O)[nH]c4SC4C5CC(C6C(=O)N(CCCCCC(=O)O)C(=O)C56)C43)cc2)cc1. The number of thioether (sulfide) groups is 1. The molecule has 0 spiro atoms. The molecule has 11 nitrogen and oxygen atoms in total. The molecule has 47 heavy (non-hydrogen) atoms. The standard InChI is InChI=1S/C34H35N3O8S2/c1-44-19-12-8-18(9-13-19)35-23(38)16-45-20-10-6-17(7-11-20)25-26-21-15-22(29(26)46-31-30(25)47-34(43)36-31)28-27(21)32(41)37(33(28)42)14-4-2-3-5-24(39)40/h6-13,21-22,25-29H,2-5,14-16H2,1H3,(H,35,38)(H,36,43)(H,39,40)/t21?,22?,25-,26?,27?,28?,29?/m1/s1. The fraction of sp³-hybridized carbons (Fsp3) is 0.441. The first-order valence-corrected chi connectivity index (χ1v) is 17.6. The number of carboxylic acid groups (broad SMARTS) is 1. The normalized spacial score (nSPS) is 26.9. The van der Waals surface area contributed by atoms with Crippen molar-refractivity contribution in [2.75, 3.05) is 25.6 Å². The second-order valence-electron chi connectivity index (χ2n) is 12.6. The molecule has 3 heterocycles. The summed E-state index contributed by atoms with van der Waals surface area (Å²) in [7, 11) is 1.58. The molecule has 7 atom stereocenters. The number of nitrogens with zero attached hydrogens (tertiary/aromatic N) is 1. The van der Waals surface area contributed by atoms with Crippen LogP contribution in [0.15, 0.2) is 58.4 Å². The zero-order valence-electron chi connectivity index (χ0n) is 25.7. The molecule has 246 valence electrons. The van der Waals surface area contributed by atoms with Crippen LogP contribution < -0.4 is 19.7 Å². The van der Waals surface area contributed by atoms with Crippen molar-refractivity contribution in [2.45, 2.75) is 48.3 Å². The Labute approximate surface area is 279 Å².